The van der Waals surface area contributed by atoms with Gasteiger partial charge in [0.2, 0.25) is 5.91 Å². The number of hydrogen-bond acceptors (Lipinski definition) is 4. The van der Waals surface area contributed by atoms with Crippen molar-refractivity contribution in [2.75, 3.05) is 13.2 Å². The van der Waals surface area contributed by atoms with Crippen LogP contribution in [-0.2, 0) is 23.1 Å². The van der Waals surface area contributed by atoms with E-state index >= 15 is 0 Å². The molecule has 2 aromatic rings. The molecule has 0 saturated carbocycles. The highest BCUT2D eigenvalue weighted by Gasteiger charge is 2.26. The molecule has 3 rings (SSSR count). The molecule has 3 amide bonds. The highest BCUT2D eigenvalue weighted by molar-refractivity contribution is 5.83. The summed E-state index contributed by atoms with van der Waals surface area (Å²) in [7, 11) is 1.87. The van der Waals surface area contributed by atoms with E-state index in [9.17, 15) is 9.59 Å². The molecule has 1 saturated heterocycles. The Morgan fingerprint density at radius 2 is 2.04 bits per heavy atom. The van der Waals surface area contributed by atoms with E-state index in [2.05, 4.69) is 21.0 Å². The summed E-state index contributed by atoms with van der Waals surface area (Å²) < 4.78 is 7.57. The summed E-state index contributed by atoms with van der Waals surface area (Å²) in [6.07, 6.45) is 3.05. The van der Waals surface area contributed by atoms with Gasteiger partial charge in [0.05, 0.1) is 12.2 Å². The third-order valence-corrected chi connectivity index (χ3v) is 4.55. The molecular formula is C19H25N5O3. The van der Waals surface area contributed by atoms with Gasteiger partial charge in [0, 0.05) is 32.4 Å². The lowest BCUT2D eigenvalue weighted by Gasteiger charge is -2.30. The van der Waals surface area contributed by atoms with E-state index in [0.717, 1.165) is 17.7 Å². The Morgan fingerprint density at radius 3 is 2.78 bits per heavy atom. The predicted octanol–water partition coefficient (Wildman–Crippen LogP) is 1.26. The molecule has 8 heteroatoms. The second kappa shape index (κ2) is 9.18. The summed E-state index contributed by atoms with van der Waals surface area (Å²) in [4.78, 5) is 24.0. The topological polar surface area (TPSA) is 97.3 Å². The summed E-state index contributed by atoms with van der Waals surface area (Å²) in [5.41, 5.74) is 2.00. The maximum absolute atomic E-state index is 12.1. The quantitative estimate of drug-likeness (QED) is 0.712. The number of hydrogen-bond donors (Lipinski definition) is 3. The molecule has 1 aliphatic rings. The fourth-order valence-corrected chi connectivity index (χ4v) is 3.09. The molecule has 1 aliphatic heterocycles. The van der Waals surface area contributed by atoms with Crippen molar-refractivity contribution in [3.63, 3.8) is 0 Å². The molecule has 2 atom stereocenters. The predicted molar refractivity (Wildman–Crippen MR) is 99.7 cm³/mol. The van der Waals surface area contributed by atoms with Crippen molar-refractivity contribution in [3.05, 3.63) is 53.9 Å². The molecule has 8 nitrogen and oxygen atoms in total. The third-order valence-electron chi connectivity index (χ3n) is 4.55. The molecule has 144 valence electrons. The number of aromatic nitrogens is 2. The van der Waals surface area contributed by atoms with Crippen LogP contribution in [0.25, 0.3) is 0 Å². The second-order valence-electron chi connectivity index (χ2n) is 6.55. The number of ether oxygens (including phenoxy) is 1. The van der Waals surface area contributed by atoms with Crippen LogP contribution in [-0.4, -0.2) is 40.9 Å². The highest BCUT2D eigenvalue weighted by atomic mass is 16.5. The average Bonchev–Trinajstić information content (AvgIpc) is 3.12. The average molecular weight is 371 g/mol. The van der Waals surface area contributed by atoms with Crippen molar-refractivity contribution >= 4 is 11.9 Å². The van der Waals surface area contributed by atoms with E-state index in [1.807, 2.05) is 43.4 Å². The number of benzene rings is 1. The standard InChI is InChI=1S/C19H25N5O3/c1-24-16(7-9-22-24)17-11-15(8-10-27-17)23-19(26)21-13-18(25)20-12-14-5-3-2-4-6-14/h2-7,9,15,17H,8,10-13H2,1H3,(H,20,25)(H2,21,23,26). The van der Waals surface area contributed by atoms with E-state index < -0.39 is 0 Å². The van der Waals surface area contributed by atoms with Gasteiger partial charge >= 0.3 is 6.03 Å². The third kappa shape index (κ3) is 5.55. The van der Waals surface area contributed by atoms with Crippen molar-refractivity contribution in [1.29, 1.82) is 0 Å². The molecule has 0 radical (unpaired) electrons. The Balaban J connectivity index is 1.38. The first-order valence-corrected chi connectivity index (χ1v) is 9.06. The van der Waals surface area contributed by atoms with Crippen LogP contribution in [0.3, 0.4) is 0 Å². The maximum atomic E-state index is 12.1. The minimum absolute atomic E-state index is 0.00831. The lowest BCUT2D eigenvalue weighted by atomic mass is 10.0. The molecule has 0 aliphatic carbocycles. The Kier molecular flexibility index (Phi) is 6.43. The number of nitrogens with one attached hydrogen (secondary N) is 3. The lowest BCUT2D eigenvalue weighted by Crippen LogP contribution is -2.47. The normalized spacial score (nSPS) is 19.3. The van der Waals surface area contributed by atoms with Gasteiger partial charge in [-0.15, -0.1) is 0 Å². The van der Waals surface area contributed by atoms with E-state index in [-0.39, 0.29) is 30.6 Å². The molecule has 2 heterocycles. The van der Waals surface area contributed by atoms with Gasteiger partial charge in [-0.05, 0) is 24.5 Å². The Hall–Kier alpha value is -2.87. The van der Waals surface area contributed by atoms with Gasteiger partial charge in [0.15, 0.2) is 0 Å². The van der Waals surface area contributed by atoms with Crippen LogP contribution in [0, 0.1) is 0 Å². The summed E-state index contributed by atoms with van der Waals surface area (Å²) in [5.74, 6) is -0.228. The Morgan fingerprint density at radius 1 is 1.22 bits per heavy atom. The minimum atomic E-state index is -0.347. The van der Waals surface area contributed by atoms with E-state index in [4.69, 9.17) is 4.74 Å². The zero-order chi connectivity index (χ0) is 19.1. The van der Waals surface area contributed by atoms with Crippen molar-refractivity contribution in [2.45, 2.75) is 31.5 Å². The van der Waals surface area contributed by atoms with E-state index in [1.54, 1.807) is 10.9 Å². The van der Waals surface area contributed by atoms with Crippen molar-refractivity contribution < 1.29 is 14.3 Å². The molecule has 27 heavy (non-hydrogen) atoms. The number of rotatable bonds is 6. The zero-order valence-electron chi connectivity index (χ0n) is 15.4. The molecular weight excluding hydrogens is 346 g/mol. The fraction of sp³-hybridized carbons (Fsp3) is 0.421. The van der Waals surface area contributed by atoms with Gasteiger partial charge in [-0.3, -0.25) is 9.48 Å². The van der Waals surface area contributed by atoms with Crippen LogP contribution < -0.4 is 16.0 Å². The van der Waals surface area contributed by atoms with Crippen LogP contribution in [0.4, 0.5) is 4.79 Å². The van der Waals surface area contributed by atoms with Gasteiger partial charge < -0.3 is 20.7 Å². The molecule has 3 N–H and O–H groups in total. The molecule has 0 bridgehead atoms. The van der Waals surface area contributed by atoms with Gasteiger partial charge in [-0.1, -0.05) is 30.3 Å². The van der Waals surface area contributed by atoms with Crippen molar-refractivity contribution in [2.24, 2.45) is 7.05 Å². The van der Waals surface area contributed by atoms with Crippen molar-refractivity contribution in [1.82, 2.24) is 25.7 Å². The van der Waals surface area contributed by atoms with Crippen LogP contribution in [0.15, 0.2) is 42.6 Å². The van der Waals surface area contributed by atoms with Crippen LogP contribution >= 0.6 is 0 Å². The SMILES string of the molecule is Cn1nccc1C1CC(NC(=O)NCC(=O)NCc2ccccc2)CCO1. The summed E-state index contributed by atoms with van der Waals surface area (Å²) >= 11 is 0. The first-order valence-electron chi connectivity index (χ1n) is 9.06. The largest absolute Gasteiger partial charge is 0.372 e. The number of urea groups is 1. The maximum Gasteiger partial charge on any atom is 0.315 e. The number of carbonyl (C=O) groups excluding carboxylic acids is 2. The van der Waals surface area contributed by atoms with Crippen LogP contribution in [0.1, 0.15) is 30.2 Å². The monoisotopic (exact) mass is 371 g/mol. The summed E-state index contributed by atoms with van der Waals surface area (Å²) in [5, 5.41) is 12.5. The van der Waals surface area contributed by atoms with E-state index in [0.29, 0.717) is 19.6 Å². The zero-order valence-corrected chi connectivity index (χ0v) is 15.4. The number of carbonyl (C=O) groups is 2. The van der Waals surface area contributed by atoms with Gasteiger partial charge in [0.1, 0.15) is 6.10 Å². The molecule has 1 aromatic carbocycles. The lowest BCUT2D eigenvalue weighted by molar-refractivity contribution is -0.120. The molecule has 1 fully saturated rings. The first-order chi connectivity index (χ1) is 13.1. The van der Waals surface area contributed by atoms with E-state index in [1.165, 1.54) is 0 Å². The first kappa shape index (κ1) is 18.9. The highest BCUT2D eigenvalue weighted by Crippen LogP contribution is 2.27. The smallest absolute Gasteiger partial charge is 0.315 e. The minimum Gasteiger partial charge on any atom is -0.372 e. The van der Waals surface area contributed by atoms with Crippen molar-refractivity contribution in [3.8, 4) is 0 Å². The molecule has 1 aromatic heterocycles. The number of amides is 3. The number of nitrogens with zero attached hydrogens (tertiary/aromatic N) is 2. The van der Waals surface area contributed by atoms with Crippen LogP contribution in [0.2, 0.25) is 0 Å². The Bertz CT molecular complexity index is 762. The summed E-state index contributed by atoms with van der Waals surface area (Å²) in [6.45, 7) is 0.945. The second-order valence-corrected chi connectivity index (χ2v) is 6.55. The summed E-state index contributed by atoms with van der Waals surface area (Å²) in [6, 6.07) is 11.2. The fourth-order valence-electron chi connectivity index (χ4n) is 3.09. The molecule has 0 spiro atoms. The Labute approximate surface area is 158 Å². The number of aryl methyl sites for hydroxylation is 1. The van der Waals surface area contributed by atoms with Gasteiger partial charge in [0.25, 0.3) is 0 Å². The molecule has 2 unspecified atom stereocenters. The van der Waals surface area contributed by atoms with Crippen LogP contribution in [0.5, 0.6) is 0 Å². The van der Waals surface area contributed by atoms with Gasteiger partial charge in [-0.2, -0.15) is 5.10 Å². The van der Waals surface area contributed by atoms with Gasteiger partial charge in [-0.25, -0.2) is 4.79 Å².